The molecule has 6 heteroatoms. The van der Waals surface area contributed by atoms with Crippen molar-refractivity contribution in [3.63, 3.8) is 0 Å². The van der Waals surface area contributed by atoms with Crippen molar-refractivity contribution in [1.29, 1.82) is 0 Å². The first-order valence-electron chi connectivity index (χ1n) is 6.43. The molecule has 19 heavy (non-hydrogen) atoms. The molecular formula is C13H18N2O3S. The lowest BCUT2D eigenvalue weighted by molar-refractivity contribution is 0.0967. The number of aliphatic imine (C=N–C) groups is 1. The zero-order valence-electron chi connectivity index (χ0n) is 10.9. The van der Waals surface area contributed by atoms with Crippen molar-refractivity contribution >= 4 is 23.3 Å². The molecule has 1 aromatic heterocycles. The van der Waals surface area contributed by atoms with Gasteiger partial charge < -0.3 is 9.47 Å². The topological polar surface area (TPSA) is 59.9 Å². The summed E-state index contributed by atoms with van der Waals surface area (Å²) in [6.07, 6.45) is 2.24. The summed E-state index contributed by atoms with van der Waals surface area (Å²) < 4.78 is 10.8. The maximum absolute atomic E-state index is 11.9. The molecule has 0 radical (unpaired) electrons. The molecule has 0 aliphatic carbocycles. The van der Waals surface area contributed by atoms with Gasteiger partial charge in [0, 0.05) is 6.61 Å². The monoisotopic (exact) mass is 282 g/mol. The highest BCUT2D eigenvalue weighted by molar-refractivity contribution is 7.12. The lowest BCUT2D eigenvalue weighted by Gasteiger charge is -2.10. The Hall–Kier alpha value is -1.40. The van der Waals surface area contributed by atoms with Crippen LogP contribution in [0, 0.1) is 0 Å². The second-order valence-corrected chi connectivity index (χ2v) is 5.09. The molecule has 1 fully saturated rings. The zero-order valence-corrected chi connectivity index (χ0v) is 11.7. The third-order valence-electron chi connectivity index (χ3n) is 2.71. The van der Waals surface area contributed by atoms with Gasteiger partial charge in [-0.15, -0.1) is 11.3 Å². The maximum Gasteiger partial charge on any atom is 0.291 e. The number of thiophene rings is 1. The van der Waals surface area contributed by atoms with E-state index in [9.17, 15) is 4.79 Å². The normalized spacial score (nSPS) is 19.4. The minimum absolute atomic E-state index is 0.147. The van der Waals surface area contributed by atoms with Gasteiger partial charge >= 0.3 is 0 Å². The number of amidine groups is 1. The van der Waals surface area contributed by atoms with Gasteiger partial charge in [0.15, 0.2) is 0 Å². The average Bonchev–Trinajstić information content (AvgIpc) is 3.09. The van der Waals surface area contributed by atoms with E-state index in [-0.39, 0.29) is 18.0 Å². The van der Waals surface area contributed by atoms with Gasteiger partial charge in [-0.1, -0.05) is 6.07 Å². The summed E-state index contributed by atoms with van der Waals surface area (Å²) in [6.45, 7) is 3.65. The Morgan fingerprint density at radius 1 is 1.68 bits per heavy atom. The van der Waals surface area contributed by atoms with Crippen molar-refractivity contribution in [3.8, 4) is 0 Å². The number of nitrogens with one attached hydrogen (secondary N) is 1. The van der Waals surface area contributed by atoms with Gasteiger partial charge in [-0.2, -0.15) is 0 Å². The molecule has 1 aliphatic rings. The molecule has 1 atom stereocenters. The van der Waals surface area contributed by atoms with E-state index in [1.807, 2.05) is 18.4 Å². The van der Waals surface area contributed by atoms with Crippen molar-refractivity contribution in [2.45, 2.75) is 25.9 Å². The van der Waals surface area contributed by atoms with Crippen LogP contribution in [0.5, 0.6) is 0 Å². The van der Waals surface area contributed by atoms with Crippen LogP contribution in [0.4, 0.5) is 0 Å². The van der Waals surface area contributed by atoms with Gasteiger partial charge in [0.25, 0.3) is 11.9 Å². The van der Waals surface area contributed by atoms with E-state index in [1.54, 1.807) is 6.07 Å². The Morgan fingerprint density at radius 2 is 2.58 bits per heavy atom. The first-order chi connectivity index (χ1) is 9.29. The molecule has 5 nitrogen and oxygen atoms in total. The fraction of sp³-hybridized carbons (Fsp3) is 0.538. The third-order valence-corrected chi connectivity index (χ3v) is 3.58. The second kappa shape index (κ2) is 7.25. The van der Waals surface area contributed by atoms with Gasteiger partial charge in [0.2, 0.25) is 0 Å². The van der Waals surface area contributed by atoms with Crippen LogP contribution in [0.3, 0.4) is 0 Å². The first-order valence-corrected chi connectivity index (χ1v) is 7.31. The summed E-state index contributed by atoms with van der Waals surface area (Å²) >= 11 is 1.39. The number of ether oxygens (including phenoxy) is 2. The number of hydrogen-bond donors (Lipinski definition) is 1. The Bertz CT molecular complexity index is 425. The number of nitrogens with zero attached hydrogens (tertiary/aromatic N) is 1. The standard InChI is InChI=1S/C13H18N2O3S/c1-2-17-13(14-9-10-5-3-7-18-10)15-12(16)11-6-4-8-19-11/h4,6,8,10H,2-3,5,7,9H2,1H3,(H,14,15,16). The molecule has 0 saturated carbocycles. The molecule has 1 aromatic rings. The minimum Gasteiger partial charge on any atom is -0.465 e. The van der Waals surface area contributed by atoms with Gasteiger partial charge in [-0.05, 0) is 31.2 Å². The molecule has 1 saturated heterocycles. The van der Waals surface area contributed by atoms with Crippen LogP contribution in [-0.2, 0) is 9.47 Å². The quantitative estimate of drug-likeness (QED) is 0.679. The van der Waals surface area contributed by atoms with Crippen LogP contribution in [0.2, 0.25) is 0 Å². The van der Waals surface area contributed by atoms with E-state index in [0.717, 1.165) is 19.4 Å². The van der Waals surface area contributed by atoms with Gasteiger partial charge in [-0.3, -0.25) is 10.1 Å². The van der Waals surface area contributed by atoms with E-state index < -0.39 is 0 Å². The van der Waals surface area contributed by atoms with E-state index in [2.05, 4.69) is 10.3 Å². The SMILES string of the molecule is CCOC(=NCC1CCCO1)NC(=O)c1cccs1. The fourth-order valence-electron chi connectivity index (χ4n) is 1.80. The molecule has 2 heterocycles. The molecule has 1 unspecified atom stereocenters. The molecule has 2 rings (SSSR count). The van der Waals surface area contributed by atoms with Crippen LogP contribution in [0.1, 0.15) is 29.4 Å². The van der Waals surface area contributed by atoms with Crippen molar-refractivity contribution in [2.24, 2.45) is 4.99 Å². The number of amides is 1. The first kappa shape index (κ1) is 14.0. The summed E-state index contributed by atoms with van der Waals surface area (Å²) in [6, 6.07) is 3.88. The Labute approximate surface area is 116 Å². The third kappa shape index (κ3) is 4.33. The number of carbonyl (C=O) groups is 1. The smallest absolute Gasteiger partial charge is 0.291 e. The summed E-state index contributed by atoms with van der Waals surface area (Å²) in [5.74, 6) is -0.186. The van der Waals surface area contributed by atoms with Crippen molar-refractivity contribution in [3.05, 3.63) is 22.4 Å². The Kier molecular flexibility index (Phi) is 5.35. The molecule has 0 aromatic carbocycles. The number of carbonyl (C=O) groups excluding carboxylic acids is 1. The van der Waals surface area contributed by atoms with Gasteiger partial charge in [-0.25, -0.2) is 4.99 Å². The highest BCUT2D eigenvalue weighted by Crippen LogP contribution is 2.12. The highest BCUT2D eigenvalue weighted by Gasteiger charge is 2.16. The Morgan fingerprint density at radius 3 is 3.21 bits per heavy atom. The van der Waals surface area contributed by atoms with Crippen LogP contribution < -0.4 is 5.32 Å². The average molecular weight is 282 g/mol. The van der Waals surface area contributed by atoms with Gasteiger partial charge in [0.1, 0.15) is 0 Å². The molecule has 104 valence electrons. The van der Waals surface area contributed by atoms with Crippen LogP contribution in [0.15, 0.2) is 22.5 Å². The predicted molar refractivity (Wildman–Crippen MR) is 74.7 cm³/mol. The van der Waals surface area contributed by atoms with E-state index in [0.29, 0.717) is 18.0 Å². The van der Waals surface area contributed by atoms with E-state index >= 15 is 0 Å². The zero-order chi connectivity index (χ0) is 13.5. The summed E-state index contributed by atoms with van der Waals surface area (Å²) in [5, 5.41) is 4.55. The van der Waals surface area contributed by atoms with Crippen molar-refractivity contribution < 1.29 is 14.3 Å². The minimum atomic E-state index is -0.186. The van der Waals surface area contributed by atoms with E-state index in [1.165, 1.54) is 11.3 Å². The lowest BCUT2D eigenvalue weighted by atomic mass is 10.2. The molecule has 0 bridgehead atoms. The number of rotatable bonds is 4. The summed E-state index contributed by atoms with van der Waals surface area (Å²) in [5.41, 5.74) is 0. The molecule has 1 amide bonds. The van der Waals surface area contributed by atoms with Crippen LogP contribution in [-0.4, -0.2) is 37.8 Å². The Balaban J connectivity index is 1.91. The highest BCUT2D eigenvalue weighted by atomic mass is 32.1. The number of hydrogen-bond acceptors (Lipinski definition) is 5. The van der Waals surface area contributed by atoms with Gasteiger partial charge in [0.05, 0.1) is 24.1 Å². The molecule has 1 aliphatic heterocycles. The maximum atomic E-state index is 11.9. The van der Waals surface area contributed by atoms with Crippen molar-refractivity contribution in [1.82, 2.24) is 5.32 Å². The van der Waals surface area contributed by atoms with E-state index in [4.69, 9.17) is 9.47 Å². The largest absolute Gasteiger partial charge is 0.465 e. The van der Waals surface area contributed by atoms with Crippen molar-refractivity contribution in [2.75, 3.05) is 19.8 Å². The summed E-state index contributed by atoms with van der Waals surface area (Å²) in [4.78, 5) is 16.8. The fourth-order valence-corrected chi connectivity index (χ4v) is 2.42. The van der Waals surface area contributed by atoms with Crippen LogP contribution >= 0.6 is 11.3 Å². The molecule has 0 spiro atoms. The summed E-state index contributed by atoms with van der Waals surface area (Å²) in [7, 11) is 0. The second-order valence-electron chi connectivity index (χ2n) is 4.15. The lowest BCUT2D eigenvalue weighted by Crippen LogP contribution is -2.33. The predicted octanol–water partition coefficient (Wildman–Crippen LogP) is 2.05. The molecule has 1 N–H and O–H groups in total. The molecular weight excluding hydrogens is 264 g/mol. The van der Waals surface area contributed by atoms with Crippen LogP contribution in [0.25, 0.3) is 0 Å².